The highest BCUT2D eigenvalue weighted by molar-refractivity contribution is 5.25. The molecule has 1 heterocycles. The van der Waals surface area contributed by atoms with Crippen molar-refractivity contribution in [1.82, 2.24) is 10.2 Å². The second-order valence-corrected chi connectivity index (χ2v) is 6.20. The predicted molar refractivity (Wildman–Crippen MR) is 83.8 cm³/mol. The van der Waals surface area contributed by atoms with Crippen molar-refractivity contribution in [1.29, 1.82) is 0 Å². The van der Waals surface area contributed by atoms with Crippen molar-refractivity contribution < 1.29 is 5.11 Å². The maximum absolute atomic E-state index is 10.1. The SMILES string of the molecule is CC(C)NC(CO)(CCN1CCCC1)c1ccccc1. The molecule has 1 aliphatic heterocycles. The van der Waals surface area contributed by atoms with E-state index in [-0.39, 0.29) is 12.1 Å². The summed E-state index contributed by atoms with van der Waals surface area (Å²) in [6, 6.07) is 10.7. The Labute approximate surface area is 123 Å². The van der Waals surface area contributed by atoms with Gasteiger partial charge in [0.2, 0.25) is 0 Å². The fraction of sp³-hybridized carbons (Fsp3) is 0.647. The molecule has 2 N–H and O–H groups in total. The standard InChI is InChI=1S/C17H28N2O/c1-15(2)18-17(14-20,16-8-4-3-5-9-16)10-13-19-11-6-7-12-19/h3-5,8-9,15,18,20H,6-7,10-14H2,1-2H3. The minimum Gasteiger partial charge on any atom is -0.394 e. The Kier molecular flexibility index (Phi) is 5.58. The Balaban J connectivity index is 2.13. The minimum atomic E-state index is -0.321. The molecule has 0 spiro atoms. The van der Waals surface area contributed by atoms with E-state index < -0.39 is 0 Å². The van der Waals surface area contributed by atoms with E-state index in [1.165, 1.54) is 31.5 Å². The number of aliphatic hydroxyl groups excluding tert-OH is 1. The van der Waals surface area contributed by atoms with E-state index in [1.54, 1.807) is 0 Å². The highest BCUT2D eigenvalue weighted by atomic mass is 16.3. The molecular weight excluding hydrogens is 248 g/mol. The van der Waals surface area contributed by atoms with Gasteiger partial charge in [-0.25, -0.2) is 0 Å². The van der Waals surface area contributed by atoms with Crippen LogP contribution in [0, 0.1) is 0 Å². The number of aliphatic hydroxyl groups is 1. The summed E-state index contributed by atoms with van der Waals surface area (Å²) in [5, 5.41) is 13.7. The van der Waals surface area contributed by atoms with Gasteiger partial charge in [-0.05, 0) is 51.8 Å². The van der Waals surface area contributed by atoms with E-state index in [2.05, 4.69) is 48.3 Å². The van der Waals surface area contributed by atoms with Crippen LogP contribution in [0.15, 0.2) is 30.3 Å². The highest BCUT2D eigenvalue weighted by Gasteiger charge is 2.32. The van der Waals surface area contributed by atoms with Gasteiger partial charge in [-0.1, -0.05) is 30.3 Å². The number of benzene rings is 1. The van der Waals surface area contributed by atoms with Gasteiger partial charge in [0, 0.05) is 12.6 Å². The fourth-order valence-corrected chi connectivity index (χ4v) is 3.18. The van der Waals surface area contributed by atoms with Gasteiger partial charge in [-0.15, -0.1) is 0 Å². The molecule has 1 aromatic rings. The van der Waals surface area contributed by atoms with Crippen LogP contribution in [0.2, 0.25) is 0 Å². The van der Waals surface area contributed by atoms with E-state index in [4.69, 9.17) is 0 Å². The van der Waals surface area contributed by atoms with Crippen molar-refractivity contribution in [2.24, 2.45) is 0 Å². The van der Waals surface area contributed by atoms with Gasteiger partial charge in [0.15, 0.2) is 0 Å². The maximum atomic E-state index is 10.1. The Morgan fingerprint density at radius 2 is 1.85 bits per heavy atom. The smallest absolute Gasteiger partial charge is 0.0683 e. The molecule has 0 bridgehead atoms. The molecule has 3 nitrogen and oxygen atoms in total. The van der Waals surface area contributed by atoms with Gasteiger partial charge in [0.05, 0.1) is 12.1 Å². The zero-order valence-corrected chi connectivity index (χ0v) is 12.8. The van der Waals surface area contributed by atoms with Crippen molar-refractivity contribution >= 4 is 0 Å². The summed E-state index contributed by atoms with van der Waals surface area (Å²) >= 11 is 0. The Morgan fingerprint density at radius 1 is 1.20 bits per heavy atom. The zero-order chi connectivity index (χ0) is 14.4. The van der Waals surface area contributed by atoms with Crippen LogP contribution in [-0.2, 0) is 5.54 Å². The fourth-order valence-electron chi connectivity index (χ4n) is 3.18. The molecule has 1 atom stereocenters. The molecule has 1 aromatic carbocycles. The largest absolute Gasteiger partial charge is 0.394 e. The molecule has 0 radical (unpaired) electrons. The number of rotatable bonds is 7. The Hall–Kier alpha value is -0.900. The average Bonchev–Trinajstić information content (AvgIpc) is 2.97. The molecule has 1 aliphatic rings. The van der Waals surface area contributed by atoms with E-state index in [0.29, 0.717) is 6.04 Å². The third-order valence-corrected chi connectivity index (χ3v) is 4.21. The van der Waals surface area contributed by atoms with E-state index >= 15 is 0 Å². The molecule has 2 rings (SSSR count). The van der Waals surface area contributed by atoms with Crippen LogP contribution < -0.4 is 5.32 Å². The summed E-state index contributed by atoms with van der Waals surface area (Å²) in [5.41, 5.74) is 0.869. The lowest BCUT2D eigenvalue weighted by Crippen LogP contribution is -2.50. The van der Waals surface area contributed by atoms with Crippen LogP contribution >= 0.6 is 0 Å². The van der Waals surface area contributed by atoms with Gasteiger partial charge in [-0.3, -0.25) is 0 Å². The van der Waals surface area contributed by atoms with Crippen molar-refractivity contribution in [2.45, 2.75) is 44.7 Å². The van der Waals surface area contributed by atoms with Crippen molar-refractivity contribution in [3.05, 3.63) is 35.9 Å². The molecule has 0 aliphatic carbocycles. The molecule has 1 saturated heterocycles. The maximum Gasteiger partial charge on any atom is 0.0683 e. The lowest BCUT2D eigenvalue weighted by molar-refractivity contribution is 0.128. The van der Waals surface area contributed by atoms with Gasteiger partial charge in [-0.2, -0.15) is 0 Å². The minimum absolute atomic E-state index is 0.142. The highest BCUT2D eigenvalue weighted by Crippen LogP contribution is 2.26. The molecule has 0 saturated carbocycles. The molecule has 112 valence electrons. The summed E-state index contributed by atoms with van der Waals surface area (Å²) < 4.78 is 0. The number of hydrogen-bond donors (Lipinski definition) is 2. The number of nitrogens with zero attached hydrogens (tertiary/aromatic N) is 1. The second kappa shape index (κ2) is 7.21. The number of nitrogens with one attached hydrogen (secondary N) is 1. The Bertz CT molecular complexity index is 387. The normalized spacial score (nSPS) is 19.4. The third kappa shape index (κ3) is 3.81. The van der Waals surface area contributed by atoms with E-state index in [1.807, 2.05) is 6.07 Å². The van der Waals surface area contributed by atoms with Gasteiger partial charge in [0.25, 0.3) is 0 Å². The second-order valence-electron chi connectivity index (χ2n) is 6.20. The van der Waals surface area contributed by atoms with Crippen molar-refractivity contribution in [3.63, 3.8) is 0 Å². The molecule has 0 aromatic heterocycles. The first kappa shape index (κ1) is 15.5. The predicted octanol–water partition coefficient (Wildman–Crippen LogP) is 2.36. The molecule has 20 heavy (non-hydrogen) atoms. The third-order valence-electron chi connectivity index (χ3n) is 4.21. The van der Waals surface area contributed by atoms with Crippen LogP contribution in [-0.4, -0.2) is 42.3 Å². The monoisotopic (exact) mass is 276 g/mol. The topological polar surface area (TPSA) is 35.5 Å². The summed E-state index contributed by atoms with van der Waals surface area (Å²) in [4.78, 5) is 2.51. The molecule has 1 fully saturated rings. The quantitative estimate of drug-likeness (QED) is 0.802. The first-order valence-corrected chi connectivity index (χ1v) is 7.83. The lowest BCUT2D eigenvalue weighted by Gasteiger charge is -2.37. The zero-order valence-electron chi connectivity index (χ0n) is 12.8. The lowest BCUT2D eigenvalue weighted by atomic mass is 9.86. The van der Waals surface area contributed by atoms with Crippen LogP contribution in [0.25, 0.3) is 0 Å². The van der Waals surface area contributed by atoms with E-state index in [0.717, 1.165) is 13.0 Å². The van der Waals surface area contributed by atoms with Crippen molar-refractivity contribution in [2.75, 3.05) is 26.2 Å². The average molecular weight is 276 g/mol. The number of likely N-dealkylation sites (tertiary alicyclic amines) is 1. The summed E-state index contributed by atoms with van der Waals surface area (Å²) in [5.74, 6) is 0. The molecule has 0 amide bonds. The first-order valence-electron chi connectivity index (χ1n) is 7.83. The van der Waals surface area contributed by atoms with Gasteiger partial charge < -0.3 is 15.3 Å². The summed E-state index contributed by atoms with van der Waals surface area (Å²) in [6.07, 6.45) is 3.58. The van der Waals surface area contributed by atoms with Gasteiger partial charge in [0.1, 0.15) is 0 Å². The number of hydrogen-bond acceptors (Lipinski definition) is 3. The van der Waals surface area contributed by atoms with Gasteiger partial charge >= 0.3 is 0 Å². The molecular formula is C17H28N2O. The van der Waals surface area contributed by atoms with Crippen LogP contribution in [0.3, 0.4) is 0 Å². The van der Waals surface area contributed by atoms with E-state index in [9.17, 15) is 5.11 Å². The van der Waals surface area contributed by atoms with Crippen LogP contribution in [0.5, 0.6) is 0 Å². The summed E-state index contributed by atoms with van der Waals surface area (Å²) in [6.45, 7) is 7.89. The Morgan fingerprint density at radius 3 is 2.40 bits per heavy atom. The molecule has 3 heteroatoms. The molecule has 1 unspecified atom stereocenters. The first-order chi connectivity index (χ1) is 9.66. The van der Waals surface area contributed by atoms with Crippen LogP contribution in [0.1, 0.15) is 38.7 Å². The van der Waals surface area contributed by atoms with Crippen molar-refractivity contribution in [3.8, 4) is 0 Å². The summed E-state index contributed by atoms with van der Waals surface area (Å²) in [7, 11) is 0. The van der Waals surface area contributed by atoms with Crippen LogP contribution in [0.4, 0.5) is 0 Å².